The summed E-state index contributed by atoms with van der Waals surface area (Å²) in [5.74, 6) is -0.597. The number of aliphatic hydroxyl groups is 1. The van der Waals surface area contributed by atoms with E-state index in [1.54, 1.807) is 6.92 Å². The van der Waals surface area contributed by atoms with Gasteiger partial charge in [-0.3, -0.25) is 4.79 Å². The molecule has 0 saturated carbocycles. The maximum absolute atomic E-state index is 12.5. The number of benzene rings is 1. The molecule has 0 saturated heterocycles. The van der Waals surface area contributed by atoms with Crippen molar-refractivity contribution >= 4 is 17.6 Å². The monoisotopic (exact) mass is 343 g/mol. The van der Waals surface area contributed by atoms with Crippen LogP contribution in [0.1, 0.15) is 64.2 Å². The molecule has 1 amide bonds. The largest absolute Gasteiger partial charge is 0.478 e. The molecule has 0 radical (unpaired) electrons. The molecular formula is C19H21NO5. The van der Waals surface area contributed by atoms with Crippen molar-refractivity contribution in [1.82, 2.24) is 0 Å². The van der Waals surface area contributed by atoms with Gasteiger partial charge in [0.25, 0.3) is 5.91 Å². The van der Waals surface area contributed by atoms with E-state index in [1.165, 1.54) is 24.3 Å². The third-order valence-electron chi connectivity index (χ3n) is 4.58. The standard InChI is InChI=1S/C19H21NO5/c1-10-15-13(21)8-19(2,3)9-14(15)25-16(10)17(22)20-12-6-4-11(5-7-12)18(23)24/h4-7,13,21H,8-9H2,1-3H3,(H,20,22)(H,23,24). The van der Waals surface area contributed by atoms with E-state index in [2.05, 4.69) is 19.2 Å². The number of hydrogen-bond acceptors (Lipinski definition) is 4. The van der Waals surface area contributed by atoms with Crippen LogP contribution in [0.3, 0.4) is 0 Å². The molecule has 1 atom stereocenters. The summed E-state index contributed by atoms with van der Waals surface area (Å²) >= 11 is 0. The minimum atomic E-state index is -1.02. The van der Waals surface area contributed by atoms with Gasteiger partial charge >= 0.3 is 5.97 Å². The molecular weight excluding hydrogens is 322 g/mol. The van der Waals surface area contributed by atoms with Gasteiger partial charge in [0.05, 0.1) is 11.7 Å². The highest BCUT2D eigenvalue weighted by Gasteiger charge is 2.37. The van der Waals surface area contributed by atoms with Gasteiger partial charge in [0, 0.05) is 23.2 Å². The second-order valence-electron chi connectivity index (χ2n) is 7.29. The Morgan fingerprint density at radius 1 is 1.24 bits per heavy atom. The molecule has 1 aromatic carbocycles. The SMILES string of the molecule is Cc1c(C(=O)Nc2ccc(C(=O)O)cc2)oc2c1C(O)CC(C)(C)C2. The molecule has 1 aliphatic carbocycles. The Morgan fingerprint density at radius 3 is 2.48 bits per heavy atom. The molecule has 0 aliphatic heterocycles. The normalized spacial score (nSPS) is 18.5. The molecule has 1 unspecified atom stereocenters. The second-order valence-corrected chi connectivity index (χ2v) is 7.29. The molecule has 6 heteroatoms. The molecule has 0 fully saturated rings. The topological polar surface area (TPSA) is 99.8 Å². The lowest BCUT2D eigenvalue weighted by molar-refractivity contribution is 0.0696. The molecule has 25 heavy (non-hydrogen) atoms. The Kier molecular flexibility index (Phi) is 4.16. The zero-order chi connectivity index (χ0) is 18.4. The van der Waals surface area contributed by atoms with Crippen molar-refractivity contribution in [3.05, 3.63) is 52.5 Å². The Bertz CT molecular complexity index is 832. The van der Waals surface area contributed by atoms with Gasteiger partial charge in [-0.25, -0.2) is 4.79 Å². The first kappa shape index (κ1) is 17.2. The van der Waals surface area contributed by atoms with Gasteiger partial charge < -0.3 is 19.9 Å². The fourth-order valence-electron chi connectivity index (χ4n) is 3.39. The number of aromatic carboxylic acids is 1. The minimum Gasteiger partial charge on any atom is -0.478 e. The number of hydrogen-bond donors (Lipinski definition) is 3. The lowest BCUT2D eigenvalue weighted by atomic mass is 9.75. The van der Waals surface area contributed by atoms with E-state index < -0.39 is 18.0 Å². The highest BCUT2D eigenvalue weighted by atomic mass is 16.4. The number of carboxylic acids is 1. The molecule has 2 aromatic rings. The first-order valence-corrected chi connectivity index (χ1v) is 8.13. The average Bonchev–Trinajstić information content (AvgIpc) is 2.83. The number of amides is 1. The fraction of sp³-hybridized carbons (Fsp3) is 0.368. The van der Waals surface area contributed by atoms with Crippen LogP contribution in [0.25, 0.3) is 0 Å². The number of carbonyl (C=O) groups excluding carboxylic acids is 1. The number of rotatable bonds is 3. The van der Waals surface area contributed by atoms with Crippen molar-refractivity contribution in [1.29, 1.82) is 0 Å². The van der Waals surface area contributed by atoms with Crippen molar-refractivity contribution in [2.75, 3.05) is 5.32 Å². The van der Waals surface area contributed by atoms with Crippen LogP contribution in [0.15, 0.2) is 28.7 Å². The second kappa shape index (κ2) is 6.04. The van der Waals surface area contributed by atoms with Crippen LogP contribution in [0.5, 0.6) is 0 Å². The highest BCUT2D eigenvalue weighted by Crippen LogP contribution is 2.44. The maximum atomic E-state index is 12.5. The van der Waals surface area contributed by atoms with Crippen molar-refractivity contribution in [3.63, 3.8) is 0 Å². The van der Waals surface area contributed by atoms with Crippen molar-refractivity contribution < 1.29 is 24.2 Å². The highest BCUT2D eigenvalue weighted by molar-refractivity contribution is 6.03. The lowest BCUT2D eigenvalue weighted by Crippen LogP contribution is -2.24. The number of carboxylic acid groups (broad SMARTS) is 1. The van der Waals surface area contributed by atoms with Crippen molar-refractivity contribution in [2.45, 2.75) is 39.7 Å². The quantitative estimate of drug-likeness (QED) is 0.791. The summed E-state index contributed by atoms with van der Waals surface area (Å²) in [4.78, 5) is 23.4. The lowest BCUT2D eigenvalue weighted by Gasteiger charge is -2.31. The molecule has 1 heterocycles. The van der Waals surface area contributed by atoms with E-state index in [4.69, 9.17) is 9.52 Å². The van der Waals surface area contributed by atoms with Crippen LogP contribution < -0.4 is 5.32 Å². The van der Waals surface area contributed by atoms with Gasteiger partial charge in [0.1, 0.15) is 5.76 Å². The molecule has 3 N–H and O–H groups in total. The van der Waals surface area contributed by atoms with Crippen LogP contribution in [0, 0.1) is 12.3 Å². The molecule has 0 bridgehead atoms. The summed E-state index contributed by atoms with van der Waals surface area (Å²) in [6, 6.07) is 5.89. The van der Waals surface area contributed by atoms with Crippen LogP contribution in [-0.4, -0.2) is 22.1 Å². The summed E-state index contributed by atoms with van der Waals surface area (Å²) < 4.78 is 5.77. The predicted molar refractivity (Wildman–Crippen MR) is 91.9 cm³/mol. The fourth-order valence-corrected chi connectivity index (χ4v) is 3.39. The van der Waals surface area contributed by atoms with Gasteiger partial charge in [-0.05, 0) is 43.0 Å². The third-order valence-corrected chi connectivity index (χ3v) is 4.58. The van der Waals surface area contributed by atoms with Crippen molar-refractivity contribution in [3.8, 4) is 0 Å². The van der Waals surface area contributed by atoms with Gasteiger partial charge in [-0.15, -0.1) is 0 Å². The Labute approximate surface area is 145 Å². The van der Waals surface area contributed by atoms with Crippen LogP contribution in [-0.2, 0) is 6.42 Å². The molecule has 0 spiro atoms. The van der Waals surface area contributed by atoms with Gasteiger partial charge in [0.15, 0.2) is 5.76 Å². The molecule has 1 aliphatic rings. The van der Waals surface area contributed by atoms with Crippen molar-refractivity contribution in [2.24, 2.45) is 5.41 Å². The Balaban J connectivity index is 1.85. The van der Waals surface area contributed by atoms with Crippen LogP contribution in [0.4, 0.5) is 5.69 Å². The maximum Gasteiger partial charge on any atom is 0.335 e. The minimum absolute atomic E-state index is 0.0862. The smallest absolute Gasteiger partial charge is 0.335 e. The number of furan rings is 1. The zero-order valence-corrected chi connectivity index (χ0v) is 14.4. The Hall–Kier alpha value is -2.60. The zero-order valence-electron chi connectivity index (χ0n) is 14.4. The third kappa shape index (κ3) is 3.30. The summed E-state index contributed by atoms with van der Waals surface area (Å²) in [7, 11) is 0. The Morgan fingerprint density at radius 2 is 1.88 bits per heavy atom. The van der Waals surface area contributed by atoms with E-state index in [0.29, 0.717) is 35.4 Å². The summed E-state index contributed by atoms with van der Waals surface area (Å²) in [5.41, 5.74) is 1.90. The molecule has 1 aromatic heterocycles. The first-order chi connectivity index (χ1) is 11.7. The molecule has 6 nitrogen and oxygen atoms in total. The van der Waals surface area contributed by atoms with Gasteiger partial charge in [0.2, 0.25) is 0 Å². The van der Waals surface area contributed by atoms with Crippen LogP contribution >= 0.6 is 0 Å². The summed E-state index contributed by atoms with van der Waals surface area (Å²) in [6.45, 7) is 5.88. The predicted octanol–water partition coefficient (Wildman–Crippen LogP) is 3.54. The number of nitrogens with one attached hydrogen (secondary N) is 1. The van der Waals surface area contributed by atoms with Gasteiger partial charge in [-0.2, -0.15) is 0 Å². The molecule has 132 valence electrons. The van der Waals surface area contributed by atoms with E-state index in [0.717, 1.165) is 0 Å². The first-order valence-electron chi connectivity index (χ1n) is 8.13. The average molecular weight is 343 g/mol. The van der Waals surface area contributed by atoms with E-state index in [-0.39, 0.29) is 16.7 Å². The summed E-state index contributed by atoms with van der Waals surface area (Å²) in [5, 5.41) is 22.0. The van der Waals surface area contributed by atoms with Crippen LogP contribution in [0.2, 0.25) is 0 Å². The number of fused-ring (bicyclic) bond motifs is 1. The number of aliphatic hydroxyl groups excluding tert-OH is 1. The molecule has 3 rings (SSSR count). The number of anilines is 1. The van der Waals surface area contributed by atoms with Gasteiger partial charge in [-0.1, -0.05) is 13.8 Å². The van der Waals surface area contributed by atoms with E-state index in [1.807, 2.05) is 0 Å². The number of carbonyl (C=O) groups is 2. The van der Waals surface area contributed by atoms with E-state index in [9.17, 15) is 14.7 Å². The van der Waals surface area contributed by atoms with E-state index >= 15 is 0 Å². The summed E-state index contributed by atoms with van der Waals surface area (Å²) in [6.07, 6.45) is 0.651.